The molecule has 0 aliphatic rings. The number of primary amides is 1. The molecule has 0 fully saturated rings. The quantitative estimate of drug-likeness (QED) is 0.719. The first-order valence-electron chi connectivity index (χ1n) is 3.85. The summed E-state index contributed by atoms with van der Waals surface area (Å²) in [5.74, 6) is 0. The molecule has 1 aromatic rings. The number of hydrogen-bond donors (Lipinski definition) is 2. The Hall–Kier alpha value is -1.95. The summed E-state index contributed by atoms with van der Waals surface area (Å²) >= 11 is 5.68. The van der Waals surface area contributed by atoms with E-state index in [-0.39, 0.29) is 0 Å². The summed E-state index contributed by atoms with van der Waals surface area (Å²) in [7, 11) is 0. The standard InChI is InChI=1S/C8H7ClN4O2/c9-5-2-1-3-6(4-5)11-8(15)13-12-7(10)14/h1-4H,(H2,10,14)(H,11,15). The van der Waals surface area contributed by atoms with Crippen molar-refractivity contribution in [3.8, 4) is 0 Å². The lowest BCUT2D eigenvalue weighted by Gasteiger charge is -1.99. The lowest BCUT2D eigenvalue weighted by Crippen LogP contribution is -2.08. The Bertz CT molecular complexity index is 419. The number of azo groups is 1. The number of nitrogens with two attached hydrogens (primary N) is 1. The van der Waals surface area contributed by atoms with Crippen LogP contribution in [0.3, 0.4) is 0 Å². The van der Waals surface area contributed by atoms with E-state index in [4.69, 9.17) is 11.6 Å². The van der Waals surface area contributed by atoms with Crippen LogP contribution in [0.5, 0.6) is 0 Å². The number of anilines is 1. The molecule has 0 atom stereocenters. The van der Waals surface area contributed by atoms with Gasteiger partial charge < -0.3 is 11.1 Å². The van der Waals surface area contributed by atoms with Crippen molar-refractivity contribution in [2.24, 2.45) is 16.0 Å². The van der Waals surface area contributed by atoms with E-state index in [0.717, 1.165) is 0 Å². The third-order valence-electron chi connectivity index (χ3n) is 1.32. The predicted octanol–water partition coefficient (Wildman–Crippen LogP) is 2.40. The van der Waals surface area contributed by atoms with Crippen LogP contribution < -0.4 is 11.1 Å². The maximum Gasteiger partial charge on any atom is 0.364 e. The normalized spacial score (nSPS) is 10.2. The molecule has 3 N–H and O–H groups in total. The van der Waals surface area contributed by atoms with Gasteiger partial charge in [-0.15, -0.1) is 0 Å². The number of hydrogen-bond acceptors (Lipinski definition) is 2. The zero-order chi connectivity index (χ0) is 11.3. The number of nitrogens with zero attached hydrogens (tertiary/aromatic N) is 2. The number of halogens is 1. The van der Waals surface area contributed by atoms with Crippen LogP contribution in [0.2, 0.25) is 5.02 Å². The fourth-order valence-corrected chi connectivity index (χ4v) is 1.000. The minimum Gasteiger partial charge on any atom is -0.348 e. The second kappa shape index (κ2) is 5.06. The van der Waals surface area contributed by atoms with E-state index >= 15 is 0 Å². The lowest BCUT2D eigenvalue weighted by molar-refractivity contribution is 0.250. The van der Waals surface area contributed by atoms with Gasteiger partial charge in [0, 0.05) is 10.7 Å². The highest BCUT2D eigenvalue weighted by Crippen LogP contribution is 2.14. The summed E-state index contributed by atoms with van der Waals surface area (Å²) in [6.07, 6.45) is 0. The van der Waals surface area contributed by atoms with E-state index in [1.807, 2.05) is 0 Å². The molecule has 1 rings (SSSR count). The second-order valence-corrected chi connectivity index (χ2v) is 2.92. The van der Waals surface area contributed by atoms with Gasteiger partial charge in [0.1, 0.15) is 0 Å². The Labute approximate surface area is 90.1 Å². The summed E-state index contributed by atoms with van der Waals surface area (Å²) in [4.78, 5) is 21.2. The highest BCUT2D eigenvalue weighted by Gasteiger charge is 2.00. The minimum absolute atomic E-state index is 0.455. The molecule has 0 aliphatic carbocycles. The van der Waals surface area contributed by atoms with Gasteiger partial charge in [-0.25, -0.2) is 9.59 Å². The monoisotopic (exact) mass is 226 g/mol. The Morgan fingerprint density at radius 2 is 2.07 bits per heavy atom. The third-order valence-corrected chi connectivity index (χ3v) is 1.55. The molecule has 15 heavy (non-hydrogen) atoms. The van der Waals surface area contributed by atoms with E-state index < -0.39 is 12.1 Å². The number of urea groups is 2. The van der Waals surface area contributed by atoms with Gasteiger partial charge in [0.15, 0.2) is 0 Å². The van der Waals surface area contributed by atoms with Crippen LogP contribution in [0.4, 0.5) is 15.3 Å². The summed E-state index contributed by atoms with van der Waals surface area (Å²) in [5, 5.41) is 8.69. The summed E-state index contributed by atoms with van der Waals surface area (Å²) in [6, 6.07) is 4.63. The van der Waals surface area contributed by atoms with E-state index in [1.165, 1.54) is 6.07 Å². The molecule has 0 bridgehead atoms. The molecular weight excluding hydrogens is 220 g/mol. The molecule has 0 radical (unpaired) electrons. The van der Waals surface area contributed by atoms with E-state index in [2.05, 4.69) is 21.3 Å². The van der Waals surface area contributed by atoms with Crippen molar-refractivity contribution in [3.05, 3.63) is 29.3 Å². The molecule has 0 unspecified atom stereocenters. The van der Waals surface area contributed by atoms with Gasteiger partial charge in [0.2, 0.25) is 0 Å². The molecule has 6 nitrogen and oxygen atoms in total. The number of carbonyl (C=O) groups is 2. The molecule has 0 aliphatic heterocycles. The Kier molecular flexibility index (Phi) is 3.75. The first-order chi connectivity index (χ1) is 7.08. The SMILES string of the molecule is NC(=O)N=NC(=O)Nc1cccc(Cl)c1. The number of carbonyl (C=O) groups excluding carboxylic acids is 2. The van der Waals surface area contributed by atoms with Crippen LogP contribution in [0, 0.1) is 0 Å². The van der Waals surface area contributed by atoms with Crippen molar-refractivity contribution >= 4 is 29.4 Å². The first kappa shape index (κ1) is 11.1. The molecule has 0 saturated carbocycles. The van der Waals surface area contributed by atoms with Crippen LogP contribution >= 0.6 is 11.6 Å². The van der Waals surface area contributed by atoms with Gasteiger partial charge in [-0.2, -0.15) is 0 Å². The van der Waals surface area contributed by atoms with Crippen molar-refractivity contribution in [1.29, 1.82) is 0 Å². The Morgan fingerprint density at radius 1 is 1.33 bits per heavy atom. The Balaban J connectivity index is 2.63. The van der Waals surface area contributed by atoms with Crippen LogP contribution in [0.15, 0.2) is 34.5 Å². The summed E-state index contributed by atoms with van der Waals surface area (Å²) < 4.78 is 0. The molecule has 0 saturated heterocycles. The molecule has 7 heteroatoms. The third kappa shape index (κ3) is 4.19. The van der Waals surface area contributed by atoms with Gasteiger partial charge in [0.05, 0.1) is 0 Å². The lowest BCUT2D eigenvalue weighted by atomic mass is 10.3. The number of rotatable bonds is 1. The zero-order valence-corrected chi connectivity index (χ0v) is 8.23. The number of amides is 4. The van der Waals surface area contributed by atoms with Crippen molar-refractivity contribution < 1.29 is 9.59 Å². The maximum absolute atomic E-state index is 11.0. The predicted molar refractivity (Wildman–Crippen MR) is 54.9 cm³/mol. The molecule has 78 valence electrons. The van der Waals surface area contributed by atoms with Gasteiger partial charge >= 0.3 is 12.1 Å². The second-order valence-electron chi connectivity index (χ2n) is 2.48. The fourth-order valence-electron chi connectivity index (χ4n) is 0.809. The van der Waals surface area contributed by atoms with Crippen molar-refractivity contribution in [3.63, 3.8) is 0 Å². The van der Waals surface area contributed by atoms with Gasteiger partial charge in [0.25, 0.3) is 0 Å². The van der Waals surface area contributed by atoms with Crippen LogP contribution in [-0.2, 0) is 0 Å². The highest BCUT2D eigenvalue weighted by molar-refractivity contribution is 6.30. The first-order valence-corrected chi connectivity index (χ1v) is 4.23. The molecule has 1 aromatic carbocycles. The van der Waals surface area contributed by atoms with Gasteiger partial charge in [-0.3, -0.25) is 0 Å². The van der Waals surface area contributed by atoms with Crippen LogP contribution in [0.1, 0.15) is 0 Å². The van der Waals surface area contributed by atoms with E-state index in [1.54, 1.807) is 18.2 Å². The molecular formula is C8H7ClN4O2. The average molecular weight is 227 g/mol. The molecule has 4 amide bonds. The van der Waals surface area contributed by atoms with Crippen LogP contribution in [0.25, 0.3) is 0 Å². The summed E-state index contributed by atoms with van der Waals surface area (Å²) in [5.41, 5.74) is 5.11. The van der Waals surface area contributed by atoms with Gasteiger partial charge in [-0.1, -0.05) is 27.9 Å². The van der Waals surface area contributed by atoms with Crippen molar-refractivity contribution in [2.45, 2.75) is 0 Å². The number of benzene rings is 1. The van der Waals surface area contributed by atoms with E-state index in [0.29, 0.717) is 10.7 Å². The Morgan fingerprint density at radius 3 is 2.67 bits per heavy atom. The van der Waals surface area contributed by atoms with Crippen molar-refractivity contribution in [2.75, 3.05) is 5.32 Å². The van der Waals surface area contributed by atoms with Crippen LogP contribution in [-0.4, -0.2) is 12.1 Å². The van der Waals surface area contributed by atoms with Gasteiger partial charge in [-0.05, 0) is 18.2 Å². The number of nitrogens with one attached hydrogen (secondary N) is 1. The fraction of sp³-hybridized carbons (Fsp3) is 0. The smallest absolute Gasteiger partial charge is 0.348 e. The molecule has 0 heterocycles. The summed E-state index contributed by atoms with van der Waals surface area (Å²) in [6.45, 7) is 0. The largest absolute Gasteiger partial charge is 0.364 e. The topological polar surface area (TPSA) is 96.9 Å². The minimum atomic E-state index is -1.03. The highest BCUT2D eigenvalue weighted by atomic mass is 35.5. The van der Waals surface area contributed by atoms with Crippen molar-refractivity contribution in [1.82, 2.24) is 0 Å². The zero-order valence-electron chi connectivity index (χ0n) is 7.48. The maximum atomic E-state index is 11.0. The van der Waals surface area contributed by atoms with E-state index in [9.17, 15) is 9.59 Å². The molecule has 0 spiro atoms. The average Bonchev–Trinajstić information content (AvgIpc) is 2.15. The molecule has 0 aromatic heterocycles.